The average molecular weight is 807 g/mol. The summed E-state index contributed by atoms with van der Waals surface area (Å²) in [7, 11) is 0. The molecule has 0 aliphatic carbocycles. The summed E-state index contributed by atoms with van der Waals surface area (Å²) in [5.74, 6) is -2.13. The second-order valence-corrected chi connectivity index (χ2v) is 12.6. The van der Waals surface area contributed by atoms with Crippen LogP contribution in [0, 0.1) is 10.1 Å². The van der Waals surface area contributed by atoms with Crippen LogP contribution in [0.4, 0.5) is 5.69 Å². The molecule has 0 radical (unpaired) electrons. The smallest absolute Gasteiger partial charge is 0.320 e. The fraction of sp³-hybridized carbons (Fsp3) is 0.133. The molecular weight excluding hydrogens is 780 g/mol. The van der Waals surface area contributed by atoms with Crippen molar-refractivity contribution in [2.24, 2.45) is 11.5 Å². The van der Waals surface area contributed by atoms with E-state index in [1.807, 2.05) is 30.5 Å². The Hall–Kier alpha value is -4.02. The van der Waals surface area contributed by atoms with Gasteiger partial charge in [0.05, 0.1) is 20.3 Å². The molecule has 45 heavy (non-hydrogen) atoms. The molecule has 15 heteroatoms. The van der Waals surface area contributed by atoms with Gasteiger partial charge >= 0.3 is 11.9 Å². The quantitative estimate of drug-likeness (QED) is 0.0687. The van der Waals surface area contributed by atoms with Crippen LogP contribution in [0.15, 0.2) is 86.6 Å². The maximum atomic E-state index is 11.1. The van der Waals surface area contributed by atoms with Crippen molar-refractivity contribution in [3.63, 3.8) is 0 Å². The fourth-order valence-electron chi connectivity index (χ4n) is 4.58. The number of carbonyl (C=O) groups is 2. The zero-order valence-electron chi connectivity index (χ0n) is 23.3. The van der Waals surface area contributed by atoms with Gasteiger partial charge in [0, 0.05) is 62.2 Å². The maximum absolute atomic E-state index is 11.1. The van der Waals surface area contributed by atoms with E-state index in [1.54, 1.807) is 24.5 Å². The molecule has 0 fully saturated rings. The number of H-pyrrole nitrogens is 3. The lowest BCUT2D eigenvalue weighted by Gasteiger charge is -2.05. The molecule has 6 rings (SSSR count). The average Bonchev–Trinajstić information content (AvgIpc) is 3.72. The molecule has 3 aromatic heterocycles. The highest BCUT2D eigenvalue weighted by atomic mass is 79.9. The number of halogens is 3. The summed E-state index contributed by atoms with van der Waals surface area (Å²) >= 11 is 9.92. The highest BCUT2D eigenvalue weighted by Gasteiger charge is 2.23. The fourth-order valence-corrected chi connectivity index (χ4v) is 5.79. The zero-order valence-corrected chi connectivity index (χ0v) is 28.0. The van der Waals surface area contributed by atoms with Crippen molar-refractivity contribution in [3.8, 4) is 0 Å². The van der Waals surface area contributed by atoms with Crippen LogP contribution in [0.1, 0.15) is 11.1 Å². The number of fused-ring (bicyclic) bond motifs is 3. The first-order valence-electron chi connectivity index (χ1n) is 13.2. The molecule has 0 bridgehead atoms. The van der Waals surface area contributed by atoms with Gasteiger partial charge in [-0.2, -0.15) is 0 Å². The lowest BCUT2D eigenvalue weighted by molar-refractivity contribution is -0.383. The molecule has 0 aliphatic heterocycles. The Bertz CT molecular complexity index is 2000. The Kier molecular flexibility index (Phi) is 11.2. The van der Waals surface area contributed by atoms with Crippen molar-refractivity contribution in [1.29, 1.82) is 0 Å². The largest absolute Gasteiger partial charge is 0.480 e. The summed E-state index contributed by atoms with van der Waals surface area (Å²) in [6.45, 7) is 0. The molecule has 234 valence electrons. The van der Waals surface area contributed by atoms with E-state index in [0.717, 1.165) is 25.4 Å². The van der Waals surface area contributed by atoms with Crippen LogP contribution in [0.5, 0.6) is 0 Å². The van der Waals surface area contributed by atoms with Gasteiger partial charge in [-0.15, -0.1) is 0 Å². The van der Waals surface area contributed by atoms with Crippen molar-refractivity contribution in [2.75, 3.05) is 0 Å². The standard InChI is InChI=1S/C11H10BrN3O4.C11H11BrN2O2.C8H6BrN/c12-6-1-2-8-9(10(6)15(18)19)5(4-14-8)3-7(13)11(16)17;12-7-1-2-10-8(4-7)6(5-14-10)3-9(13)11(15)16;9-7-1-2-8-6(5-7)3-4-10-8/h1-2,4,7,14H,3,13H2,(H,16,17);1-2,4-5,9,14H,3,13H2,(H,15,16);1-5,10H. The molecule has 2 atom stereocenters. The first kappa shape index (κ1) is 33.9. The number of aromatic nitrogens is 3. The van der Waals surface area contributed by atoms with E-state index in [9.17, 15) is 19.7 Å². The number of carboxylic acids is 2. The van der Waals surface area contributed by atoms with Gasteiger partial charge in [0.15, 0.2) is 0 Å². The first-order valence-corrected chi connectivity index (χ1v) is 15.6. The predicted octanol–water partition coefficient (Wildman–Crippen LogP) is 6.61. The third kappa shape index (κ3) is 8.38. The van der Waals surface area contributed by atoms with Crippen molar-refractivity contribution >= 4 is 98.1 Å². The second kappa shape index (κ2) is 14.8. The molecule has 0 spiro atoms. The number of hydrogen-bond donors (Lipinski definition) is 7. The first-order chi connectivity index (χ1) is 21.3. The number of nitro groups is 1. The predicted molar refractivity (Wildman–Crippen MR) is 183 cm³/mol. The Labute approximate surface area is 280 Å². The molecule has 6 aromatic rings. The molecule has 2 unspecified atom stereocenters. The van der Waals surface area contributed by atoms with Gasteiger partial charge in [-0.25, -0.2) is 0 Å². The van der Waals surface area contributed by atoms with Crippen LogP contribution in [0.25, 0.3) is 32.7 Å². The van der Waals surface area contributed by atoms with Crippen molar-refractivity contribution in [2.45, 2.75) is 24.9 Å². The Morgan fingerprint density at radius 3 is 1.98 bits per heavy atom. The summed E-state index contributed by atoms with van der Waals surface area (Å²) in [6, 6.07) is 15.3. The third-order valence-electron chi connectivity index (χ3n) is 6.79. The van der Waals surface area contributed by atoms with E-state index in [4.69, 9.17) is 21.7 Å². The van der Waals surface area contributed by atoms with Gasteiger partial charge < -0.3 is 36.6 Å². The Balaban J connectivity index is 0.000000160. The molecule has 3 aromatic carbocycles. The van der Waals surface area contributed by atoms with E-state index in [1.165, 1.54) is 10.9 Å². The third-order valence-corrected chi connectivity index (χ3v) is 8.42. The molecule has 3 heterocycles. The van der Waals surface area contributed by atoms with Crippen LogP contribution < -0.4 is 11.5 Å². The zero-order chi connectivity index (χ0) is 32.8. The number of benzene rings is 3. The Morgan fingerprint density at radius 2 is 1.33 bits per heavy atom. The van der Waals surface area contributed by atoms with Crippen LogP contribution >= 0.6 is 47.8 Å². The van der Waals surface area contributed by atoms with Gasteiger partial charge in [0.25, 0.3) is 5.69 Å². The van der Waals surface area contributed by atoms with Gasteiger partial charge in [-0.05, 0) is 81.7 Å². The van der Waals surface area contributed by atoms with Gasteiger partial charge in [0.1, 0.15) is 12.1 Å². The number of hydrogen-bond acceptors (Lipinski definition) is 6. The number of nitrogens with zero attached hydrogens (tertiary/aromatic N) is 1. The molecular formula is C30H27Br3N6O6. The normalized spacial score (nSPS) is 12.2. The van der Waals surface area contributed by atoms with Crippen LogP contribution in [0.2, 0.25) is 0 Å². The number of nitrogens with two attached hydrogens (primary N) is 2. The Morgan fingerprint density at radius 1 is 0.778 bits per heavy atom. The van der Waals surface area contributed by atoms with Crippen LogP contribution in [-0.2, 0) is 22.4 Å². The second-order valence-electron chi connectivity index (χ2n) is 9.90. The van der Waals surface area contributed by atoms with E-state index in [-0.39, 0.29) is 12.1 Å². The van der Waals surface area contributed by atoms with Crippen LogP contribution in [0.3, 0.4) is 0 Å². The van der Waals surface area contributed by atoms with Gasteiger partial charge in [-0.1, -0.05) is 31.9 Å². The lowest BCUT2D eigenvalue weighted by Crippen LogP contribution is -2.32. The summed E-state index contributed by atoms with van der Waals surface area (Å²) in [4.78, 5) is 41.2. The van der Waals surface area contributed by atoms with Crippen LogP contribution in [-0.4, -0.2) is 54.1 Å². The van der Waals surface area contributed by atoms with Gasteiger partial charge in [-0.3, -0.25) is 19.7 Å². The van der Waals surface area contributed by atoms with E-state index >= 15 is 0 Å². The molecule has 0 saturated heterocycles. The summed E-state index contributed by atoms with van der Waals surface area (Å²) in [6.07, 6.45) is 5.64. The molecule has 12 nitrogen and oxygen atoms in total. The topological polar surface area (TPSA) is 217 Å². The maximum Gasteiger partial charge on any atom is 0.320 e. The van der Waals surface area contributed by atoms with Crippen molar-refractivity contribution in [3.05, 3.63) is 108 Å². The number of nitro benzene ring substituents is 1. The lowest BCUT2D eigenvalue weighted by atomic mass is 10.0. The monoisotopic (exact) mass is 804 g/mol. The van der Waals surface area contributed by atoms with Crippen molar-refractivity contribution in [1.82, 2.24) is 15.0 Å². The van der Waals surface area contributed by atoms with Gasteiger partial charge in [0.2, 0.25) is 0 Å². The molecule has 0 aliphatic rings. The van der Waals surface area contributed by atoms with Crippen molar-refractivity contribution < 1.29 is 24.7 Å². The van der Waals surface area contributed by atoms with E-state index < -0.39 is 28.9 Å². The number of nitrogens with one attached hydrogen (secondary N) is 3. The molecule has 0 saturated carbocycles. The minimum Gasteiger partial charge on any atom is -0.480 e. The number of aliphatic carboxylic acids is 2. The highest BCUT2D eigenvalue weighted by Crippen LogP contribution is 2.35. The SMILES string of the molecule is Brc1ccc2[nH]ccc2c1.NC(Cc1c[nH]c2ccc(Br)c([N+](=O)[O-])c12)C(=O)O.NC(Cc1c[nH]c2ccc(Br)cc12)C(=O)O. The highest BCUT2D eigenvalue weighted by molar-refractivity contribution is 9.11. The number of rotatable bonds is 7. The van der Waals surface area contributed by atoms with E-state index in [2.05, 4.69) is 80.9 Å². The van der Waals surface area contributed by atoms with E-state index in [0.29, 0.717) is 27.4 Å². The summed E-state index contributed by atoms with van der Waals surface area (Å²) in [5, 5.41) is 31.3. The molecule has 9 N–H and O–H groups in total. The molecule has 0 amide bonds. The number of aromatic amines is 3. The summed E-state index contributed by atoms with van der Waals surface area (Å²) in [5.41, 5.74) is 15.1. The minimum atomic E-state index is -1.15. The minimum absolute atomic E-state index is 0.0205. The number of carboxylic acid groups (broad SMARTS) is 2. The summed E-state index contributed by atoms with van der Waals surface area (Å²) < 4.78 is 2.43.